The highest BCUT2D eigenvalue weighted by Gasteiger charge is 2.33. The molecule has 2 aliphatic carbocycles. The maximum atomic E-state index is 12.1. The van der Waals surface area contributed by atoms with Crippen molar-refractivity contribution in [2.75, 3.05) is 7.05 Å². The van der Waals surface area contributed by atoms with Crippen molar-refractivity contribution >= 4 is 28.8 Å². The zero-order valence-corrected chi connectivity index (χ0v) is 12.3. The van der Waals surface area contributed by atoms with Gasteiger partial charge in [0.05, 0.1) is 10.4 Å². The predicted molar refractivity (Wildman–Crippen MR) is 76.4 cm³/mol. The van der Waals surface area contributed by atoms with Gasteiger partial charge in [0.15, 0.2) is 5.78 Å². The molecule has 2 aliphatic rings. The van der Waals surface area contributed by atoms with Crippen molar-refractivity contribution in [3.05, 3.63) is 20.9 Å². The molecule has 0 aromatic carbocycles. The van der Waals surface area contributed by atoms with Crippen LogP contribution in [-0.2, 0) is 17.6 Å². The molecule has 1 fully saturated rings. The number of carbonyl (C=O) groups is 3. The van der Waals surface area contributed by atoms with Gasteiger partial charge in [0, 0.05) is 30.7 Å². The van der Waals surface area contributed by atoms with Crippen LogP contribution in [-0.4, -0.2) is 24.5 Å². The van der Waals surface area contributed by atoms with E-state index in [1.807, 2.05) is 0 Å². The molecule has 0 spiro atoms. The van der Waals surface area contributed by atoms with Gasteiger partial charge in [-0.1, -0.05) is 0 Å². The lowest BCUT2D eigenvalue weighted by molar-refractivity contribution is -0.119. The second kappa shape index (κ2) is 5.13. The fourth-order valence-corrected chi connectivity index (χ4v) is 4.06. The minimum atomic E-state index is -0.171. The Balaban J connectivity index is 2.00. The van der Waals surface area contributed by atoms with Crippen molar-refractivity contribution in [3.8, 4) is 0 Å². The Morgan fingerprint density at radius 3 is 2.70 bits per heavy atom. The van der Waals surface area contributed by atoms with Crippen LogP contribution in [0.3, 0.4) is 0 Å². The van der Waals surface area contributed by atoms with Crippen molar-refractivity contribution in [1.82, 2.24) is 5.32 Å². The average Bonchev–Trinajstić information content (AvgIpc) is 3.21. The number of thiophene rings is 1. The van der Waals surface area contributed by atoms with Crippen LogP contribution in [0, 0.1) is 5.92 Å². The van der Waals surface area contributed by atoms with Gasteiger partial charge in [-0.2, -0.15) is 0 Å². The van der Waals surface area contributed by atoms with E-state index in [4.69, 9.17) is 0 Å². The lowest BCUT2D eigenvalue weighted by Gasteiger charge is -2.11. The Morgan fingerprint density at radius 2 is 2.05 bits per heavy atom. The van der Waals surface area contributed by atoms with Crippen LogP contribution in [0.25, 0.3) is 0 Å². The lowest BCUT2D eigenvalue weighted by atomic mass is 9.93. The number of nitrogens with one attached hydrogen (secondary N) is 1. The van der Waals surface area contributed by atoms with Gasteiger partial charge in [-0.3, -0.25) is 14.4 Å². The van der Waals surface area contributed by atoms with Crippen molar-refractivity contribution in [1.29, 1.82) is 0 Å². The SMILES string of the molecule is CNC(=O)c1c(CC(=O)C2CC2)sc2c1CCCC2=O. The topological polar surface area (TPSA) is 63.2 Å². The van der Waals surface area contributed by atoms with Crippen LogP contribution in [0.2, 0.25) is 0 Å². The average molecular weight is 291 g/mol. The number of Topliss-reactive ketones (excluding diaryl/α,β-unsaturated/α-hetero) is 2. The second-order valence-electron chi connectivity index (χ2n) is 5.48. The molecular weight excluding hydrogens is 274 g/mol. The molecule has 5 heteroatoms. The Bertz CT molecular complexity index is 599. The van der Waals surface area contributed by atoms with E-state index < -0.39 is 0 Å². The van der Waals surface area contributed by atoms with Crippen molar-refractivity contribution in [2.45, 2.75) is 38.5 Å². The molecule has 106 valence electrons. The number of hydrogen-bond acceptors (Lipinski definition) is 4. The third kappa shape index (κ3) is 2.30. The van der Waals surface area contributed by atoms with Crippen molar-refractivity contribution in [3.63, 3.8) is 0 Å². The van der Waals surface area contributed by atoms with Crippen molar-refractivity contribution < 1.29 is 14.4 Å². The second-order valence-corrected chi connectivity index (χ2v) is 6.59. The van der Waals surface area contributed by atoms with E-state index in [9.17, 15) is 14.4 Å². The number of carbonyl (C=O) groups excluding carboxylic acids is 3. The molecule has 1 saturated carbocycles. The molecule has 0 bridgehead atoms. The monoisotopic (exact) mass is 291 g/mol. The summed E-state index contributed by atoms with van der Waals surface area (Å²) in [6, 6.07) is 0. The van der Waals surface area contributed by atoms with Gasteiger partial charge in [0.2, 0.25) is 0 Å². The molecule has 0 aliphatic heterocycles. The summed E-state index contributed by atoms with van der Waals surface area (Å²) in [5.41, 5.74) is 1.46. The van der Waals surface area contributed by atoms with Gasteiger partial charge < -0.3 is 5.32 Å². The molecule has 1 heterocycles. The summed E-state index contributed by atoms with van der Waals surface area (Å²) in [7, 11) is 1.59. The number of amides is 1. The Morgan fingerprint density at radius 1 is 1.30 bits per heavy atom. The summed E-state index contributed by atoms with van der Waals surface area (Å²) in [6.07, 6.45) is 4.35. The van der Waals surface area contributed by atoms with Gasteiger partial charge in [0.25, 0.3) is 5.91 Å². The third-order valence-electron chi connectivity index (χ3n) is 3.99. The summed E-state index contributed by atoms with van der Waals surface area (Å²) in [5, 5.41) is 2.64. The lowest BCUT2D eigenvalue weighted by Crippen LogP contribution is -2.22. The molecular formula is C15H17NO3S. The first-order valence-electron chi connectivity index (χ1n) is 7.04. The van der Waals surface area contributed by atoms with Crippen LogP contribution in [0.15, 0.2) is 0 Å². The first-order valence-corrected chi connectivity index (χ1v) is 7.86. The van der Waals surface area contributed by atoms with Crippen LogP contribution in [0.1, 0.15) is 56.2 Å². The summed E-state index contributed by atoms with van der Waals surface area (Å²) >= 11 is 1.36. The number of rotatable bonds is 4. The van der Waals surface area contributed by atoms with E-state index >= 15 is 0 Å². The van der Waals surface area contributed by atoms with Crippen LogP contribution in [0.5, 0.6) is 0 Å². The molecule has 1 amide bonds. The molecule has 0 radical (unpaired) electrons. The fourth-order valence-electron chi connectivity index (χ4n) is 2.74. The minimum absolute atomic E-state index is 0.117. The molecule has 0 unspecified atom stereocenters. The molecule has 4 nitrogen and oxygen atoms in total. The minimum Gasteiger partial charge on any atom is -0.355 e. The van der Waals surface area contributed by atoms with Crippen LogP contribution >= 0.6 is 11.3 Å². The summed E-state index contributed by atoms with van der Waals surface area (Å²) in [4.78, 5) is 37.6. The van der Waals surface area contributed by atoms with Crippen molar-refractivity contribution in [2.24, 2.45) is 5.92 Å². The predicted octanol–water partition coefficient (Wildman–Crippen LogP) is 2.15. The highest BCUT2D eigenvalue weighted by Crippen LogP contribution is 2.37. The highest BCUT2D eigenvalue weighted by atomic mass is 32.1. The Hall–Kier alpha value is -1.49. The third-order valence-corrected chi connectivity index (χ3v) is 5.26. The van der Waals surface area contributed by atoms with Gasteiger partial charge >= 0.3 is 0 Å². The molecule has 1 aromatic heterocycles. The summed E-state index contributed by atoms with van der Waals surface area (Å²) < 4.78 is 0. The largest absolute Gasteiger partial charge is 0.355 e. The number of fused-ring (bicyclic) bond motifs is 1. The standard InChI is InChI=1S/C15H17NO3S/c1-16-15(19)13-9-3-2-4-10(17)14(9)20-12(13)7-11(18)8-5-6-8/h8H,2-7H2,1H3,(H,16,19). The van der Waals surface area contributed by atoms with Gasteiger partial charge in [-0.05, 0) is 31.2 Å². The van der Waals surface area contributed by atoms with E-state index in [2.05, 4.69) is 5.32 Å². The fraction of sp³-hybridized carbons (Fsp3) is 0.533. The van der Waals surface area contributed by atoms with Crippen LogP contribution in [0.4, 0.5) is 0 Å². The molecule has 0 saturated heterocycles. The highest BCUT2D eigenvalue weighted by molar-refractivity contribution is 7.14. The quantitative estimate of drug-likeness (QED) is 0.924. The van der Waals surface area contributed by atoms with Gasteiger partial charge in [0.1, 0.15) is 5.78 Å². The summed E-state index contributed by atoms with van der Waals surface area (Å²) in [6.45, 7) is 0. The normalized spacial score (nSPS) is 17.8. The maximum Gasteiger partial charge on any atom is 0.252 e. The van der Waals surface area contributed by atoms with Gasteiger partial charge in [-0.25, -0.2) is 0 Å². The van der Waals surface area contributed by atoms with E-state index in [-0.39, 0.29) is 23.4 Å². The van der Waals surface area contributed by atoms with Gasteiger partial charge in [-0.15, -0.1) is 11.3 Å². The smallest absolute Gasteiger partial charge is 0.252 e. The molecule has 0 atom stereocenters. The zero-order valence-electron chi connectivity index (χ0n) is 11.5. The first-order chi connectivity index (χ1) is 9.61. The summed E-state index contributed by atoms with van der Waals surface area (Å²) in [5.74, 6) is 0.339. The number of ketones is 2. The molecule has 1 N–H and O–H groups in total. The number of hydrogen-bond donors (Lipinski definition) is 1. The zero-order chi connectivity index (χ0) is 14.3. The maximum absolute atomic E-state index is 12.1. The van der Waals surface area contributed by atoms with Crippen LogP contribution < -0.4 is 5.32 Å². The first kappa shape index (κ1) is 13.5. The van der Waals surface area contributed by atoms with E-state index in [1.54, 1.807) is 7.05 Å². The molecule has 20 heavy (non-hydrogen) atoms. The van der Waals surface area contributed by atoms with E-state index in [0.717, 1.165) is 36.1 Å². The Labute approximate surface area is 121 Å². The molecule has 3 rings (SSSR count). The van der Waals surface area contributed by atoms with E-state index in [0.29, 0.717) is 23.3 Å². The van der Waals surface area contributed by atoms with E-state index in [1.165, 1.54) is 11.3 Å². The Kier molecular flexibility index (Phi) is 3.46. The molecule has 1 aromatic rings.